The number of ketones is 1. The summed E-state index contributed by atoms with van der Waals surface area (Å²) < 4.78 is 0. The molecule has 1 aromatic rings. The molecule has 1 saturated carbocycles. The number of carbonyl (C=O) groups is 1. The van der Waals surface area contributed by atoms with Crippen LogP contribution in [0, 0.1) is 13.8 Å². The van der Waals surface area contributed by atoms with Gasteiger partial charge in [-0.2, -0.15) is 0 Å². The maximum Gasteiger partial charge on any atom is 0.168 e. The van der Waals surface area contributed by atoms with E-state index in [0.29, 0.717) is 19.3 Å². The average Bonchev–Trinajstić information content (AvgIpc) is 2.60. The van der Waals surface area contributed by atoms with Gasteiger partial charge in [0.05, 0.1) is 0 Å². The third-order valence-corrected chi connectivity index (χ3v) is 4.39. The first-order chi connectivity index (χ1) is 9.01. The number of carbonyl (C=O) groups excluding carboxylic acids is 1. The van der Waals surface area contributed by atoms with Crippen molar-refractivity contribution in [2.24, 2.45) is 0 Å². The van der Waals surface area contributed by atoms with Gasteiger partial charge in [-0.1, -0.05) is 43.9 Å². The fraction of sp³-hybridized carbons (Fsp3) is 0.588. The maximum atomic E-state index is 12.4. The summed E-state index contributed by atoms with van der Waals surface area (Å²) in [5.74, 6) is -0.00217. The van der Waals surface area contributed by atoms with Crippen LogP contribution >= 0.6 is 0 Å². The van der Waals surface area contributed by atoms with Crippen LogP contribution in [0.15, 0.2) is 18.2 Å². The van der Waals surface area contributed by atoms with Crippen LogP contribution in [-0.2, 0) is 11.2 Å². The predicted octanol–water partition coefficient (Wildman–Crippen LogP) is 3.50. The van der Waals surface area contributed by atoms with Gasteiger partial charge >= 0.3 is 0 Å². The Bertz CT molecular complexity index is 454. The van der Waals surface area contributed by atoms with Crippen LogP contribution in [-0.4, -0.2) is 16.5 Å². The van der Waals surface area contributed by atoms with Crippen molar-refractivity contribution in [3.05, 3.63) is 34.9 Å². The number of hydrogen-bond donors (Lipinski definition) is 1. The lowest BCUT2D eigenvalue weighted by Gasteiger charge is -2.25. The van der Waals surface area contributed by atoms with E-state index in [1.165, 1.54) is 11.1 Å². The molecule has 2 heteroatoms. The van der Waals surface area contributed by atoms with E-state index >= 15 is 0 Å². The molecule has 1 aliphatic carbocycles. The smallest absolute Gasteiger partial charge is 0.168 e. The van der Waals surface area contributed by atoms with E-state index in [4.69, 9.17) is 0 Å². The molecule has 1 aliphatic rings. The first-order valence-corrected chi connectivity index (χ1v) is 7.33. The largest absolute Gasteiger partial charge is 0.382 e. The highest BCUT2D eigenvalue weighted by Crippen LogP contribution is 2.29. The minimum atomic E-state index is -1.07. The molecule has 0 aromatic heterocycles. The topological polar surface area (TPSA) is 37.3 Å². The Kier molecular flexibility index (Phi) is 4.41. The summed E-state index contributed by atoms with van der Waals surface area (Å²) in [7, 11) is 0. The molecule has 1 fully saturated rings. The minimum Gasteiger partial charge on any atom is -0.382 e. The SMILES string of the molecule is Cc1ccc(CC(=O)C2(O)CCCCCC2)cc1C. The summed E-state index contributed by atoms with van der Waals surface area (Å²) in [5, 5.41) is 10.6. The summed E-state index contributed by atoms with van der Waals surface area (Å²) in [6.45, 7) is 4.13. The summed E-state index contributed by atoms with van der Waals surface area (Å²) in [6, 6.07) is 6.11. The maximum absolute atomic E-state index is 12.4. The van der Waals surface area contributed by atoms with Gasteiger partial charge in [-0.15, -0.1) is 0 Å². The highest BCUT2D eigenvalue weighted by atomic mass is 16.3. The van der Waals surface area contributed by atoms with Crippen LogP contribution in [0.2, 0.25) is 0 Å². The van der Waals surface area contributed by atoms with Gasteiger partial charge in [0.2, 0.25) is 0 Å². The van der Waals surface area contributed by atoms with Crippen molar-refractivity contribution < 1.29 is 9.90 Å². The lowest BCUT2D eigenvalue weighted by molar-refractivity contribution is -0.138. The molecule has 0 heterocycles. The molecule has 0 amide bonds. The minimum absolute atomic E-state index is 0.00217. The second kappa shape index (κ2) is 5.87. The molecule has 0 unspecified atom stereocenters. The van der Waals surface area contributed by atoms with E-state index in [9.17, 15) is 9.90 Å². The number of benzene rings is 1. The molecular formula is C17H24O2. The van der Waals surface area contributed by atoms with Crippen LogP contribution in [0.1, 0.15) is 55.2 Å². The van der Waals surface area contributed by atoms with E-state index in [1.807, 2.05) is 6.07 Å². The van der Waals surface area contributed by atoms with Crippen molar-refractivity contribution in [3.63, 3.8) is 0 Å². The van der Waals surface area contributed by atoms with Gasteiger partial charge in [-0.3, -0.25) is 4.79 Å². The second-order valence-electron chi connectivity index (χ2n) is 5.96. The molecule has 1 N–H and O–H groups in total. The molecule has 0 spiro atoms. The summed E-state index contributed by atoms with van der Waals surface area (Å²) in [4.78, 5) is 12.4. The number of Topliss-reactive ketones (excluding diaryl/α,β-unsaturated/α-hetero) is 1. The van der Waals surface area contributed by atoms with Crippen molar-refractivity contribution in [2.45, 2.75) is 64.4 Å². The van der Waals surface area contributed by atoms with Crippen LogP contribution in [0.4, 0.5) is 0 Å². The Morgan fingerprint density at radius 3 is 2.32 bits per heavy atom. The van der Waals surface area contributed by atoms with Crippen LogP contribution in [0.5, 0.6) is 0 Å². The van der Waals surface area contributed by atoms with Crippen LogP contribution < -0.4 is 0 Å². The summed E-state index contributed by atoms with van der Waals surface area (Å²) >= 11 is 0. The molecule has 1 aromatic carbocycles. The van der Waals surface area contributed by atoms with Crippen LogP contribution in [0.25, 0.3) is 0 Å². The van der Waals surface area contributed by atoms with E-state index in [-0.39, 0.29) is 5.78 Å². The Morgan fingerprint density at radius 1 is 1.11 bits per heavy atom. The van der Waals surface area contributed by atoms with E-state index in [2.05, 4.69) is 26.0 Å². The molecule has 0 aliphatic heterocycles. The molecule has 0 saturated heterocycles. The van der Waals surface area contributed by atoms with Gasteiger partial charge in [-0.25, -0.2) is 0 Å². The van der Waals surface area contributed by atoms with Crippen molar-refractivity contribution in [2.75, 3.05) is 0 Å². The molecule has 0 atom stereocenters. The number of aryl methyl sites for hydroxylation is 2. The van der Waals surface area contributed by atoms with E-state index in [1.54, 1.807) is 0 Å². The lowest BCUT2D eigenvalue weighted by Crippen LogP contribution is -2.39. The first-order valence-electron chi connectivity index (χ1n) is 7.33. The van der Waals surface area contributed by atoms with Gasteiger partial charge in [-0.05, 0) is 43.4 Å². The number of rotatable bonds is 3. The van der Waals surface area contributed by atoms with Gasteiger partial charge in [0.25, 0.3) is 0 Å². The Balaban J connectivity index is 2.08. The molecule has 19 heavy (non-hydrogen) atoms. The van der Waals surface area contributed by atoms with Crippen molar-refractivity contribution in [3.8, 4) is 0 Å². The third-order valence-electron chi connectivity index (χ3n) is 4.39. The normalized spacial score (nSPS) is 18.9. The average molecular weight is 260 g/mol. The molecule has 0 bridgehead atoms. The van der Waals surface area contributed by atoms with E-state index in [0.717, 1.165) is 31.2 Å². The highest BCUT2D eigenvalue weighted by molar-refractivity contribution is 5.89. The van der Waals surface area contributed by atoms with Crippen molar-refractivity contribution in [1.82, 2.24) is 0 Å². The van der Waals surface area contributed by atoms with Crippen molar-refractivity contribution >= 4 is 5.78 Å². The zero-order valence-electron chi connectivity index (χ0n) is 12.0. The monoisotopic (exact) mass is 260 g/mol. The zero-order chi connectivity index (χ0) is 13.9. The standard InChI is InChI=1S/C17H24O2/c1-13-7-8-15(11-14(13)2)12-16(18)17(19)9-5-3-4-6-10-17/h7-8,11,19H,3-6,9-10,12H2,1-2H3. The Hall–Kier alpha value is -1.15. The van der Waals surface area contributed by atoms with Crippen molar-refractivity contribution in [1.29, 1.82) is 0 Å². The summed E-state index contributed by atoms with van der Waals surface area (Å²) in [5.41, 5.74) is 2.39. The fourth-order valence-electron chi connectivity index (χ4n) is 2.86. The number of aliphatic hydroxyl groups is 1. The van der Waals surface area contributed by atoms with Gasteiger partial charge < -0.3 is 5.11 Å². The molecular weight excluding hydrogens is 236 g/mol. The molecule has 104 valence electrons. The molecule has 0 radical (unpaired) electrons. The van der Waals surface area contributed by atoms with E-state index < -0.39 is 5.60 Å². The fourth-order valence-corrected chi connectivity index (χ4v) is 2.86. The lowest BCUT2D eigenvalue weighted by atomic mass is 9.86. The second-order valence-corrected chi connectivity index (χ2v) is 5.96. The first kappa shape index (κ1) is 14.3. The molecule has 2 nitrogen and oxygen atoms in total. The third kappa shape index (κ3) is 3.44. The predicted molar refractivity (Wildman–Crippen MR) is 77.3 cm³/mol. The van der Waals surface area contributed by atoms with Gasteiger partial charge in [0.1, 0.15) is 5.60 Å². The Morgan fingerprint density at radius 2 is 1.74 bits per heavy atom. The van der Waals surface area contributed by atoms with Gasteiger partial charge in [0.15, 0.2) is 5.78 Å². The van der Waals surface area contributed by atoms with Gasteiger partial charge in [0, 0.05) is 6.42 Å². The highest BCUT2D eigenvalue weighted by Gasteiger charge is 2.35. The van der Waals surface area contributed by atoms with Crippen LogP contribution in [0.3, 0.4) is 0 Å². The molecule has 2 rings (SSSR count). The Labute approximate surface area is 115 Å². The quantitative estimate of drug-likeness (QED) is 0.845. The summed E-state index contributed by atoms with van der Waals surface area (Å²) in [6.07, 6.45) is 5.84. The zero-order valence-corrected chi connectivity index (χ0v) is 12.0. The number of hydrogen-bond acceptors (Lipinski definition) is 2.